The third kappa shape index (κ3) is 4.32. The molecule has 0 N–H and O–H groups in total. The van der Waals surface area contributed by atoms with Crippen molar-refractivity contribution in [1.29, 1.82) is 0 Å². The van der Waals surface area contributed by atoms with Gasteiger partial charge >= 0.3 is 140 Å². The third-order valence-corrected chi connectivity index (χ3v) is 13.0. The molecule has 1 aromatic heterocycles. The molecule has 0 saturated carbocycles. The van der Waals surface area contributed by atoms with Crippen LogP contribution in [-0.2, 0) is 0 Å². The molecule has 0 fully saturated rings. The zero-order valence-corrected chi connectivity index (χ0v) is 16.2. The van der Waals surface area contributed by atoms with Gasteiger partial charge in [0.15, 0.2) is 0 Å². The normalized spacial score (nSPS) is 13.7. The van der Waals surface area contributed by atoms with Gasteiger partial charge in [0.2, 0.25) is 0 Å². The molecule has 0 saturated heterocycles. The second-order valence-corrected chi connectivity index (χ2v) is 13.1. The summed E-state index contributed by atoms with van der Waals surface area (Å²) in [7, 11) is 0. The molecular formula is C17H34N3O2P. The van der Waals surface area contributed by atoms with Crippen molar-refractivity contribution < 1.29 is 4.92 Å². The van der Waals surface area contributed by atoms with Crippen molar-refractivity contribution in [3.8, 4) is 0 Å². The molecule has 134 valence electrons. The molecule has 0 aliphatic carbocycles. The Balaban J connectivity index is 3.39. The summed E-state index contributed by atoms with van der Waals surface area (Å²) in [5.74, 6) is -0.00283. The quantitative estimate of drug-likeness (QED) is 0.285. The second kappa shape index (κ2) is 8.77. The number of aromatic nitrogens is 2. The van der Waals surface area contributed by atoms with Gasteiger partial charge in [-0.1, -0.05) is 0 Å². The topological polar surface area (TPSA) is 61.0 Å². The number of unbranched alkanes of at least 4 members (excludes halogenated alkanes) is 3. The third-order valence-electron chi connectivity index (χ3n) is 5.47. The number of imidazole rings is 1. The van der Waals surface area contributed by atoms with Gasteiger partial charge in [0.05, 0.1) is 0 Å². The Morgan fingerprint density at radius 3 is 1.83 bits per heavy atom. The number of hydrogen-bond acceptors (Lipinski definition) is 3. The summed E-state index contributed by atoms with van der Waals surface area (Å²) in [6.45, 7) is 6.77. The van der Waals surface area contributed by atoms with Crippen LogP contribution >= 0.6 is 6.75 Å². The van der Waals surface area contributed by atoms with E-state index in [1.54, 1.807) is 12.5 Å². The van der Waals surface area contributed by atoms with Crippen molar-refractivity contribution in [3.05, 3.63) is 22.6 Å². The summed E-state index contributed by atoms with van der Waals surface area (Å²) in [6.07, 6.45) is 15.3. The van der Waals surface area contributed by atoms with E-state index in [1.165, 1.54) is 57.0 Å². The van der Waals surface area contributed by atoms with Crippen LogP contribution in [0, 0.1) is 10.1 Å². The Kier molecular flexibility index (Phi) is 7.66. The first-order chi connectivity index (χ1) is 11.0. The van der Waals surface area contributed by atoms with Gasteiger partial charge in [0.25, 0.3) is 0 Å². The van der Waals surface area contributed by atoms with Crippen molar-refractivity contribution in [1.82, 2.24) is 9.32 Å². The average molecular weight is 343 g/mol. The fourth-order valence-electron chi connectivity index (χ4n) is 3.72. The van der Waals surface area contributed by atoms with Crippen molar-refractivity contribution in [2.45, 2.75) is 66.2 Å². The molecule has 0 aliphatic rings. The van der Waals surface area contributed by atoms with E-state index < -0.39 is 6.75 Å². The summed E-state index contributed by atoms with van der Waals surface area (Å²) < 4.78 is 2.24. The van der Waals surface area contributed by atoms with Gasteiger partial charge in [-0.25, -0.2) is 0 Å². The Morgan fingerprint density at radius 2 is 1.52 bits per heavy atom. The summed E-state index contributed by atoms with van der Waals surface area (Å²) in [5, 5.41) is 11.1. The summed E-state index contributed by atoms with van der Waals surface area (Å²) in [4.78, 5) is 14.9. The van der Waals surface area contributed by atoms with Gasteiger partial charge in [0.1, 0.15) is 0 Å². The first kappa shape index (κ1) is 20.1. The molecule has 0 aliphatic heterocycles. The van der Waals surface area contributed by atoms with Crippen molar-refractivity contribution >= 4 is 12.6 Å². The van der Waals surface area contributed by atoms with E-state index in [2.05, 4.69) is 37.0 Å². The Bertz CT molecular complexity index is 477. The van der Waals surface area contributed by atoms with Gasteiger partial charge in [-0.15, -0.1) is 0 Å². The first-order valence-corrected chi connectivity index (χ1v) is 12.1. The van der Waals surface area contributed by atoms with E-state index in [-0.39, 0.29) is 10.7 Å². The average Bonchev–Trinajstić information content (AvgIpc) is 3.07. The van der Waals surface area contributed by atoms with Crippen LogP contribution in [0.2, 0.25) is 0 Å². The summed E-state index contributed by atoms with van der Waals surface area (Å²) in [5.41, 5.74) is 0. The molecule has 1 rings (SSSR count). The van der Waals surface area contributed by atoms with Crippen LogP contribution in [-0.4, -0.2) is 38.9 Å². The molecule has 0 amide bonds. The van der Waals surface area contributed by atoms with Gasteiger partial charge < -0.3 is 0 Å². The van der Waals surface area contributed by atoms with Gasteiger partial charge in [-0.2, -0.15) is 0 Å². The van der Waals surface area contributed by atoms with Crippen molar-refractivity contribution in [2.24, 2.45) is 0 Å². The first-order valence-electron chi connectivity index (χ1n) is 9.17. The van der Waals surface area contributed by atoms with E-state index in [9.17, 15) is 10.1 Å². The molecule has 0 aromatic carbocycles. The Morgan fingerprint density at radius 1 is 1.04 bits per heavy atom. The SMILES string of the molecule is CCCCP(CC)(CCCC)(CCCC)n1cnc([N+](=O)[O-])c1. The minimum atomic E-state index is -2.23. The molecule has 23 heavy (non-hydrogen) atoms. The molecule has 6 heteroatoms. The Labute approximate surface area is 141 Å². The van der Waals surface area contributed by atoms with E-state index in [4.69, 9.17) is 0 Å². The molecular weight excluding hydrogens is 309 g/mol. The number of rotatable bonds is 12. The van der Waals surface area contributed by atoms with Gasteiger partial charge in [0, 0.05) is 0 Å². The fraction of sp³-hybridized carbons (Fsp3) is 0.824. The molecule has 0 unspecified atom stereocenters. The van der Waals surface area contributed by atoms with Crippen LogP contribution < -0.4 is 0 Å². The van der Waals surface area contributed by atoms with Crippen LogP contribution in [0.1, 0.15) is 66.2 Å². The van der Waals surface area contributed by atoms with E-state index in [0.29, 0.717) is 0 Å². The van der Waals surface area contributed by atoms with Gasteiger partial charge in [-0.05, 0) is 0 Å². The maximum absolute atomic E-state index is 11.1. The molecule has 0 bridgehead atoms. The predicted octanol–water partition coefficient (Wildman–Crippen LogP) is 5.53. The standard InChI is InChI=1S/C17H34N3O2P/c1-5-9-12-23(8-4,13-10-6-2,14-11-7-3)19-15-17(18-16-19)20(21)22/h15-16H,5-14H2,1-4H3. The Hall–Kier alpha value is -0.960. The van der Waals surface area contributed by atoms with E-state index in [1.807, 2.05) is 0 Å². The van der Waals surface area contributed by atoms with Crippen LogP contribution in [0.3, 0.4) is 0 Å². The monoisotopic (exact) mass is 343 g/mol. The minimum absolute atomic E-state index is 0.00283. The van der Waals surface area contributed by atoms with Crippen LogP contribution in [0.15, 0.2) is 12.5 Å². The molecule has 0 spiro atoms. The van der Waals surface area contributed by atoms with Crippen molar-refractivity contribution in [3.63, 3.8) is 0 Å². The van der Waals surface area contributed by atoms with E-state index >= 15 is 0 Å². The number of nitrogens with zero attached hydrogens (tertiary/aromatic N) is 3. The zero-order chi connectivity index (χ0) is 17.4. The van der Waals surface area contributed by atoms with Crippen LogP contribution in [0.5, 0.6) is 0 Å². The molecule has 0 atom stereocenters. The fourth-order valence-corrected chi connectivity index (χ4v) is 10.5. The predicted molar refractivity (Wildman–Crippen MR) is 101 cm³/mol. The molecule has 1 heterocycles. The summed E-state index contributed by atoms with van der Waals surface area (Å²) in [6, 6.07) is 0. The van der Waals surface area contributed by atoms with Gasteiger partial charge in [-0.3, -0.25) is 0 Å². The van der Waals surface area contributed by atoms with E-state index in [0.717, 1.165) is 6.16 Å². The molecule has 1 aromatic rings. The zero-order valence-electron chi connectivity index (χ0n) is 15.3. The number of nitro groups is 1. The molecule has 5 nitrogen and oxygen atoms in total. The number of hydrogen-bond donors (Lipinski definition) is 0. The summed E-state index contributed by atoms with van der Waals surface area (Å²) >= 11 is 0. The van der Waals surface area contributed by atoms with Crippen LogP contribution in [0.4, 0.5) is 5.82 Å². The van der Waals surface area contributed by atoms with Crippen LogP contribution in [0.25, 0.3) is 0 Å². The maximum atomic E-state index is 11.1. The van der Waals surface area contributed by atoms with Crippen molar-refractivity contribution in [2.75, 3.05) is 24.6 Å². The second-order valence-electron chi connectivity index (χ2n) is 6.82. The molecule has 0 radical (unpaired) electrons.